The summed E-state index contributed by atoms with van der Waals surface area (Å²) < 4.78 is 61.7. The van der Waals surface area contributed by atoms with Crippen molar-refractivity contribution in [1.29, 1.82) is 0 Å². The molecule has 0 radical (unpaired) electrons. The largest absolute Gasteiger partial charge is 0.481 e. The van der Waals surface area contributed by atoms with E-state index >= 15 is 0 Å². The van der Waals surface area contributed by atoms with Crippen molar-refractivity contribution < 1.29 is 31.9 Å². The monoisotopic (exact) mass is 292 g/mol. The third kappa shape index (κ3) is 2.32. The van der Waals surface area contributed by atoms with Gasteiger partial charge in [0.15, 0.2) is 0 Å². The van der Waals surface area contributed by atoms with Gasteiger partial charge < -0.3 is 5.11 Å². The molecule has 0 saturated heterocycles. The molecule has 0 heterocycles. The summed E-state index contributed by atoms with van der Waals surface area (Å²) in [5.74, 6) is -8.34. The highest BCUT2D eigenvalue weighted by Crippen LogP contribution is 2.60. The molecule has 1 fully saturated rings. The van der Waals surface area contributed by atoms with E-state index in [9.17, 15) is 26.7 Å². The molecular weight excluding hydrogens is 283 g/mol. The molecule has 2 atom stereocenters. The Balaban J connectivity index is 2.97. The minimum atomic E-state index is -5.79. The molecule has 0 aromatic carbocycles. The summed E-state index contributed by atoms with van der Waals surface area (Å²) in [6, 6.07) is 0. The molecule has 1 aliphatic carbocycles. The van der Waals surface area contributed by atoms with Gasteiger partial charge in [0.25, 0.3) is 0 Å². The predicted octanol–water partition coefficient (Wildman–Crippen LogP) is 3.66. The van der Waals surface area contributed by atoms with Gasteiger partial charge in [-0.05, 0) is 11.3 Å². The van der Waals surface area contributed by atoms with Crippen molar-refractivity contribution in [3.05, 3.63) is 11.1 Å². The van der Waals surface area contributed by atoms with Crippen LogP contribution in [0.4, 0.5) is 22.0 Å². The Morgan fingerprint density at radius 1 is 1.28 bits per heavy atom. The lowest BCUT2D eigenvalue weighted by Gasteiger charge is -2.18. The second-order valence-electron chi connectivity index (χ2n) is 4.75. The number of carboxylic acids is 1. The molecule has 1 N–H and O–H groups in total. The van der Waals surface area contributed by atoms with Crippen LogP contribution in [0.25, 0.3) is 0 Å². The van der Waals surface area contributed by atoms with E-state index in [-0.39, 0.29) is 0 Å². The quantitative estimate of drug-likeness (QED) is 0.806. The first-order valence-corrected chi connectivity index (χ1v) is 5.26. The Morgan fingerprint density at radius 2 is 1.72 bits per heavy atom. The van der Waals surface area contributed by atoms with Crippen molar-refractivity contribution in [3.63, 3.8) is 0 Å². The minimum absolute atomic E-state index is 0.494. The lowest BCUT2D eigenvalue weighted by molar-refractivity contribution is -0.261. The molecule has 0 aliphatic heterocycles. The van der Waals surface area contributed by atoms with Crippen molar-refractivity contribution in [3.8, 4) is 0 Å². The maximum atomic E-state index is 12.8. The number of carboxylic acid groups (broad SMARTS) is 1. The van der Waals surface area contributed by atoms with Crippen LogP contribution in [-0.4, -0.2) is 23.2 Å². The average Bonchev–Trinajstić information content (AvgIpc) is 2.65. The molecule has 8 heteroatoms. The fourth-order valence-electron chi connectivity index (χ4n) is 1.86. The Bertz CT molecular complexity index is 400. The van der Waals surface area contributed by atoms with Crippen molar-refractivity contribution in [2.24, 2.45) is 17.3 Å². The lowest BCUT2D eigenvalue weighted by atomic mass is 10.1. The fourth-order valence-corrected chi connectivity index (χ4v) is 2.10. The van der Waals surface area contributed by atoms with Crippen LogP contribution in [0.3, 0.4) is 0 Å². The minimum Gasteiger partial charge on any atom is -0.481 e. The molecule has 1 aliphatic rings. The summed E-state index contributed by atoms with van der Waals surface area (Å²) in [6.45, 7) is 2.92. The van der Waals surface area contributed by atoms with E-state index in [4.69, 9.17) is 16.7 Å². The maximum Gasteiger partial charge on any atom is 0.459 e. The van der Waals surface area contributed by atoms with E-state index in [2.05, 4.69) is 0 Å². The van der Waals surface area contributed by atoms with Crippen LogP contribution < -0.4 is 0 Å². The van der Waals surface area contributed by atoms with Gasteiger partial charge in [0.2, 0.25) is 0 Å². The topological polar surface area (TPSA) is 37.3 Å². The summed E-state index contributed by atoms with van der Waals surface area (Å²) in [4.78, 5) is 10.7. The Kier molecular flexibility index (Phi) is 3.45. The molecule has 1 rings (SSSR count). The van der Waals surface area contributed by atoms with Crippen LogP contribution in [0, 0.1) is 17.3 Å². The molecule has 0 aromatic rings. The van der Waals surface area contributed by atoms with Gasteiger partial charge in [0, 0.05) is 0 Å². The van der Waals surface area contributed by atoms with E-state index in [1.54, 1.807) is 0 Å². The van der Waals surface area contributed by atoms with Crippen molar-refractivity contribution >= 4 is 17.6 Å². The van der Waals surface area contributed by atoms with Gasteiger partial charge in [0.1, 0.15) is 0 Å². The number of carbonyl (C=O) groups is 1. The first-order valence-electron chi connectivity index (χ1n) is 4.88. The zero-order valence-corrected chi connectivity index (χ0v) is 10.1. The Hall–Kier alpha value is -0.850. The first kappa shape index (κ1) is 15.2. The summed E-state index contributed by atoms with van der Waals surface area (Å²) >= 11 is 4.99. The van der Waals surface area contributed by atoms with Crippen LogP contribution >= 0.6 is 11.6 Å². The molecule has 0 aromatic heterocycles. The van der Waals surface area contributed by atoms with Crippen molar-refractivity contribution in [2.75, 3.05) is 0 Å². The summed E-state index contributed by atoms with van der Waals surface area (Å²) in [5, 5.41) is 7.07. The lowest BCUT2D eigenvalue weighted by Crippen LogP contribution is -2.36. The first-order chi connectivity index (χ1) is 7.83. The third-order valence-electron chi connectivity index (χ3n) is 3.16. The van der Waals surface area contributed by atoms with Gasteiger partial charge in [-0.15, -0.1) is 0 Å². The highest BCUT2D eigenvalue weighted by molar-refractivity contribution is 6.30. The summed E-state index contributed by atoms with van der Waals surface area (Å²) in [7, 11) is 0. The highest BCUT2D eigenvalue weighted by atomic mass is 35.5. The maximum absolute atomic E-state index is 12.8. The molecule has 0 spiro atoms. The molecule has 1 saturated carbocycles. The standard InChI is InChI=1S/C10H10ClF5O2/c1-8(2)4(6(8)7(17)18)3-5(11)9(12,13)10(14,15)16/h3-4,6H,1-2H3,(H,17,18)/t4-,6-/m0/s1. The molecule has 104 valence electrons. The normalized spacial score (nSPS) is 28.1. The van der Waals surface area contributed by atoms with Gasteiger partial charge in [0.05, 0.1) is 11.0 Å². The second-order valence-corrected chi connectivity index (χ2v) is 5.16. The van der Waals surface area contributed by atoms with Gasteiger partial charge in [-0.25, -0.2) is 0 Å². The number of allylic oxidation sites excluding steroid dienone is 2. The zero-order chi connectivity index (χ0) is 14.5. The molecule has 0 unspecified atom stereocenters. The van der Waals surface area contributed by atoms with E-state index in [1.165, 1.54) is 13.8 Å². The summed E-state index contributed by atoms with van der Waals surface area (Å²) in [5.41, 5.74) is -0.881. The number of halogens is 6. The van der Waals surface area contributed by atoms with Gasteiger partial charge in [-0.1, -0.05) is 31.5 Å². The van der Waals surface area contributed by atoms with Crippen LogP contribution in [0.2, 0.25) is 0 Å². The molecule has 0 amide bonds. The second kappa shape index (κ2) is 4.08. The van der Waals surface area contributed by atoms with Crippen LogP contribution in [0.15, 0.2) is 11.1 Å². The van der Waals surface area contributed by atoms with Crippen molar-refractivity contribution in [1.82, 2.24) is 0 Å². The smallest absolute Gasteiger partial charge is 0.459 e. The van der Waals surface area contributed by atoms with Crippen LogP contribution in [0.5, 0.6) is 0 Å². The number of aliphatic carboxylic acids is 1. The Morgan fingerprint density at radius 3 is 2.00 bits per heavy atom. The van der Waals surface area contributed by atoms with E-state index in [0.29, 0.717) is 6.08 Å². The molecular formula is C10H10ClF5O2. The number of hydrogen-bond acceptors (Lipinski definition) is 1. The molecule has 0 bridgehead atoms. The van der Waals surface area contributed by atoms with Gasteiger partial charge in [-0.3, -0.25) is 4.79 Å². The number of hydrogen-bond donors (Lipinski definition) is 1. The fraction of sp³-hybridized carbons (Fsp3) is 0.700. The van der Waals surface area contributed by atoms with Crippen molar-refractivity contribution in [2.45, 2.75) is 25.9 Å². The van der Waals surface area contributed by atoms with Gasteiger partial charge >= 0.3 is 18.1 Å². The average molecular weight is 293 g/mol. The molecule has 2 nitrogen and oxygen atoms in total. The molecule has 18 heavy (non-hydrogen) atoms. The summed E-state index contributed by atoms with van der Waals surface area (Å²) in [6.07, 6.45) is -5.30. The number of alkyl halides is 5. The van der Waals surface area contributed by atoms with Gasteiger partial charge in [-0.2, -0.15) is 22.0 Å². The Labute approximate surface area is 104 Å². The zero-order valence-electron chi connectivity index (χ0n) is 9.36. The third-order valence-corrected chi connectivity index (χ3v) is 3.52. The van der Waals surface area contributed by atoms with Crippen LogP contribution in [-0.2, 0) is 4.79 Å². The van der Waals surface area contributed by atoms with E-state index in [1.807, 2.05) is 0 Å². The number of rotatable bonds is 3. The van der Waals surface area contributed by atoms with E-state index in [0.717, 1.165) is 0 Å². The highest BCUT2D eigenvalue weighted by Gasteiger charge is 2.64. The predicted molar refractivity (Wildman–Crippen MR) is 53.3 cm³/mol. The SMILES string of the molecule is CC1(C)[C@H](C(=O)O)[C@@H]1C=C(Cl)C(F)(F)C(F)(F)F. The van der Waals surface area contributed by atoms with E-state index < -0.39 is 40.4 Å². The van der Waals surface area contributed by atoms with Crippen LogP contribution in [0.1, 0.15) is 13.8 Å².